The quantitative estimate of drug-likeness (QED) is 0.450. The zero-order valence-electron chi connectivity index (χ0n) is 8.80. The molecule has 2 heterocycles. The van der Waals surface area contributed by atoms with Gasteiger partial charge >= 0.3 is 103 Å². The summed E-state index contributed by atoms with van der Waals surface area (Å²) in [5, 5.41) is 28.6. The summed E-state index contributed by atoms with van der Waals surface area (Å²) in [5.74, 6) is 0.116. The molecule has 1 aliphatic rings. The molecule has 1 saturated heterocycles. The molecule has 0 bridgehead atoms. The molecule has 1 aliphatic heterocycles. The molecule has 94 valence electrons. The van der Waals surface area contributed by atoms with Gasteiger partial charge in [0, 0.05) is 0 Å². The number of nitrogens with two attached hydrogens (primary N) is 1. The summed E-state index contributed by atoms with van der Waals surface area (Å²) in [4.78, 5) is 14.3. The van der Waals surface area contributed by atoms with E-state index in [4.69, 9.17) is 10.8 Å². The van der Waals surface area contributed by atoms with E-state index in [0.717, 1.165) is 0 Å². The van der Waals surface area contributed by atoms with E-state index in [-0.39, 0.29) is 32.2 Å². The summed E-state index contributed by atoms with van der Waals surface area (Å²) in [6.07, 6.45) is -0.614. The molecule has 1 aromatic rings. The SMILES string of the molecule is Nc1ccn([C@@H]2[Se][C@H](CO)[C@H](O)[C@@H]2O)c(=O)n1. The van der Waals surface area contributed by atoms with Gasteiger partial charge in [0.2, 0.25) is 0 Å². The first-order valence-electron chi connectivity index (χ1n) is 5.01. The normalized spacial score (nSPS) is 32.9. The number of hydrogen-bond donors (Lipinski definition) is 4. The van der Waals surface area contributed by atoms with E-state index in [1.807, 2.05) is 0 Å². The molecule has 1 fully saturated rings. The van der Waals surface area contributed by atoms with E-state index in [2.05, 4.69) is 4.98 Å². The Bertz CT molecular complexity index is 466. The predicted molar refractivity (Wildman–Crippen MR) is 60.5 cm³/mol. The Morgan fingerprint density at radius 1 is 1.47 bits per heavy atom. The number of aliphatic hydroxyl groups excluding tert-OH is 3. The molecule has 8 heteroatoms. The van der Waals surface area contributed by atoms with Gasteiger partial charge in [-0.25, -0.2) is 0 Å². The van der Waals surface area contributed by atoms with Gasteiger partial charge < -0.3 is 0 Å². The Morgan fingerprint density at radius 3 is 2.71 bits per heavy atom. The van der Waals surface area contributed by atoms with E-state index in [9.17, 15) is 15.0 Å². The Balaban J connectivity index is 2.32. The summed E-state index contributed by atoms with van der Waals surface area (Å²) in [7, 11) is 0. The second-order valence-electron chi connectivity index (χ2n) is 3.77. The topological polar surface area (TPSA) is 122 Å². The van der Waals surface area contributed by atoms with Gasteiger partial charge in [-0.15, -0.1) is 0 Å². The van der Waals surface area contributed by atoms with Gasteiger partial charge in [0.05, 0.1) is 0 Å². The number of nitrogens with zero attached hydrogens (tertiary/aromatic N) is 2. The molecule has 1 aromatic heterocycles. The standard InChI is InChI=1S/C9H13N3O4Se/c10-5-1-2-12(9(16)11-5)8-7(15)6(14)4(3-13)17-8/h1-2,4,6-8,13-15H,3H2,(H2,10,11,16)/t4-,6+,7+,8-/m1/s1. The average molecular weight is 306 g/mol. The van der Waals surface area contributed by atoms with E-state index in [1.165, 1.54) is 16.8 Å². The molecule has 0 radical (unpaired) electrons. The van der Waals surface area contributed by atoms with Crippen molar-refractivity contribution in [3.05, 3.63) is 22.7 Å². The summed E-state index contributed by atoms with van der Waals surface area (Å²) in [6.45, 7) is -0.203. The minimum atomic E-state index is -1.06. The van der Waals surface area contributed by atoms with E-state index in [0.29, 0.717) is 0 Å². The molecule has 4 atom stereocenters. The zero-order chi connectivity index (χ0) is 12.6. The third kappa shape index (κ3) is 2.22. The van der Waals surface area contributed by atoms with Crippen LogP contribution in [0.2, 0.25) is 4.82 Å². The molecular formula is C9H13N3O4Se. The second-order valence-corrected chi connectivity index (χ2v) is 6.63. The van der Waals surface area contributed by atoms with E-state index < -0.39 is 22.8 Å². The Hall–Kier alpha value is -0.921. The maximum atomic E-state index is 11.6. The number of nitrogen functional groups attached to an aromatic ring is 1. The van der Waals surface area contributed by atoms with Crippen LogP contribution in [0.4, 0.5) is 5.82 Å². The summed E-state index contributed by atoms with van der Waals surface area (Å²) in [6, 6.07) is 1.46. The van der Waals surface area contributed by atoms with Gasteiger partial charge in [-0.1, -0.05) is 0 Å². The first kappa shape index (κ1) is 12.5. The van der Waals surface area contributed by atoms with Crippen LogP contribution in [0.1, 0.15) is 4.94 Å². The van der Waals surface area contributed by atoms with Crippen molar-refractivity contribution >= 4 is 20.8 Å². The molecule has 0 unspecified atom stereocenters. The number of rotatable bonds is 2. The summed E-state index contributed by atoms with van der Waals surface area (Å²) in [5.41, 5.74) is 4.82. The van der Waals surface area contributed by atoms with Gasteiger partial charge in [-0.2, -0.15) is 0 Å². The number of aliphatic hydroxyl groups is 3. The first-order valence-corrected chi connectivity index (χ1v) is 6.99. The van der Waals surface area contributed by atoms with Gasteiger partial charge in [-0.05, 0) is 0 Å². The summed E-state index contributed by atoms with van der Waals surface area (Å²) < 4.78 is 1.26. The van der Waals surface area contributed by atoms with Crippen LogP contribution in [0, 0.1) is 0 Å². The van der Waals surface area contributed by atoms with Crippen LogP contribution in [0.3, 0.4) is 0 Å². The Morgan fingerprint density at radius 2 is 2.18 bits per heavy atom. The van der Waals surface area contributed by atoms with E-state index in [1.54, 1.807) is 0 Å². The van der Waals surface area contributed by atoms with Crippen LogP contribution >= 0.6 is 0 Å². The van der Waals surface area contributed by atoms with Crippen molar-refractivity contribution in [2.75, 3.05) is 12.3 Å². The fourth-order valence-electron chi connectivity index (χ4n) is 1.73. The molecule has 0 amide bonds. The van der Waals surface area contributed by atoms with Crippen LogP contribution in [0.25, 0.3) is 0 Å². The van der Waals surface area contributed by atoms with Crippen LogP contribution in [0.15, 0.2) is 17.1 Å². The minimum absolute atomic E-state index is 0.116. The van der Waals surface area contributed by atoms with Crippen LogP contribution in [-0.2, 0) is 0 Å². The number of anilines is 1. The second kappa shape index (κ2) is 4.75. The van der Waals surface area contributed by atoms with Crippen molar-refractivity contribution in [1.29, 1.82) is 0 Å². The fraction of sp³-hybridized carbons (Fsp3) is 0.556. The maximum absolute atomic E-state index is 11.6. The third-order valence-corrected chi connectivity index (χ3v) is 5.92. The van der Waals surface area contributed by atoms with Crippen molar-refractivity contribution in [2.45, 2.75) is 22.0 Å². The number of aromatic nitrogens is 2. The molecule has 0 aliphatic carbocycles. The molecule has 7 nitrogen and oxygen atoms in total. The van der Waals surface area contributed by atoms with E-state index >= 15 is 0 Å². The van der Waals surface area contributed by atoms with Crippen molar-refractivity contribution in [2.24, 2.45) is 0 Å². The Kier molecular flexibility index (Phi) is 3.50. The van der Waals surface area contributed by atoms with Crippen molar-refractivity contribution in [1.82, 2.24) is 9.55 Å². The fourth-order valence-corrected chi connectivity index (χ4v) is 4.62. The molecular weight excluding hydrogens is 293 g/mol. The molecule has 0 saturated carbocycles. The van der Waals surface area contributed by atoms with Gasteiger partial charge in [-0.3, -0.25) is 0 Å². The molecule has 2 rings (SSSR count). The van der Waals surface area contributed by atoms with Crippen LogP contribution in [-0.4, -0.2) is 58.6 Å². The van der Waals surface area contributed by atoms with Gasteiger partial charge in [0.25, 0.3) is 0 Å². The van der Waals surface area contributed by atoms with Crippen LogP contribution < -0.4 is 11.4 Å². The van der Waals surface area contributed by atoms with Crippen LogP contribution in [0.5, 0.6) is 0 Å². The van der Waals surface area contributed by atoms with Crippen molar-refractivity contribution < 1.29 is 15.3 Å². The third-order valence-electron chi connectivity index (χ3n) is 2.64. The molecule has 0 spiro atoms. The Labute approximate surface area is 103 Å². The van der Waals surface area contributed by atoms with Crippen molar-refractivity contribution in [3.63, 3.8) is 0 Å². The molecule has 0 aromatic carbocycles. The van der Waals surface area contributed by atoms with Crippen molar-refractivity contribution in [3.8, 4) is 0 Å². The monoisotopic (exact) mass is 307 g/mol. The molecule has 5 N–H and O–H groups in total. The van der Waals surface area contributed by atoms with Gasteiger partial charge in [0.15, 0.2) is 0 Å². The number of hydrogen-bond acceptors (Lipinski definition) is 6. The summed E-state index contributed by atoms with van der Waals surface area (Å²) >= 11 is -0.283. The zero-order valence-corrected chi connectivity index (χ0v) is 10.5. The molecule has 17 heavy (non-hydrogen) atoms. The first-order chi connectivity index (χ1) is 8.04. The average Bonchev–Trinajstić information content (AvgIpc) is 2.57. The predicted octanol–water partition coefficient (Wildman–Crippen LogP) is -2.46. The van der Waals surface area contributed by atoms with Gasteiger partial charge in [0.1, 0.15) is 0 Å².